The zero-order chi connectivity index (χ0) is 28.1. The third-order valence-electron chi connectivity index (χ3n) is 6.05. The molecular weight excluding hydrogens is 556 g/mol. The molecule has 0 spiro atoms. The van der Waals surface area contributed by atoms with Gasteiger partial charge in [0.25, 0.3) is 0 Å². The van der Waals surface area contributed by atoms with Gasteiger partial charge < -0.3 is 19.4 Å². The molecule has 0 atom stereocenters. The molecule has 0 bridgehead atoms. The molecule has 2 heterocycles. The maximum atomic E-state index is 12.9. The second-order valence-corrected chi connectivity index (χ2v) is 11.1. The van der Waals surface area contributed by atoms with Crippen molar-refractivity contribution in [3.05, 3.63) is 74.9 Å². The van der Waals surface area contributed by atoms with Gasteiger partial charge in [0.15, 0.2) is 11.0 Å². The lowest BCUT2D eigenvalue weighted by Gasteiger charge is -2.11. The summed E-state index contributed by atoms with van der Waals surface area (Å²) in [6.45, 7) is 8.74. The molecule has 2 aromatic heterocycles. The first kappa shape index (κ1) is 28.7. The minimum absolute atomic E-state index is 0.0899. The highest BCUT2D eigenvalue weighted by Gasteiger charge is 2.24. The minimum Gasteiger partial charge on any atom is -0.485 e. The Morgan fingerprint density at radius 1 is 1.08 bits per heavy atom. The van der Waals surface area contributed by atoms with Crippen molar-refractivity contribution < 1.29 is 19.1 Å². The van der Waals surface area contributed by atoms with Crippen molar-refractivity contribution in [1.29, 1.82) is 0 Å². The molecule has 4 rings (SSSR count). The molecule has 11 heteroatoms. The Kier molecular flexibility index (Phi) is 9.32. The monoisotopic (exact) mass is 584 g/mol. The number of hydrogen-bond donors (Lipinski definition) is 1. The summed E-state index contributed by atoms with van der Waals surface area (Å²) in [5.41, 5.74) is 5.05. The molecular formula is C28H29ClN4O4S2. The van der Waals surface area contributed by atoms with E-state index in [0.717, 1.165) is 33.6 Å². The summed E-state index contributed by atoms with van der Waals surface area (Å²) in [4.78, 5) is 25.7. The first-order valence-corrected chi connectivity index (χ1v) is 14.5. The van der Waals surface area contributed by atoms with Crippen molar-refractivity contribution in [2.24, 2.45) is 0 Å². The number of hydrogen-bond acceptors (Lipinski definition) is 8. The number of aromatic nitrogens is 3. The standard InChI is InChI=1S/C28H29ClN4O4S2/c1-6-33-23(13-37-22-10-9-19(29)12-18(22)4)31-32-28(33)39-15-24(34)30-26-25(27(35)36-5)21(14-38-26)20-11-16(2)7-8-17(20)3/h7-12,14H,6,13,15H2,1-5H3,(H,30,34). The number of methoxy groups -OCH3 is 1. The Hall–Kier alpha value is -3.34. The highest BCUT2D eigenvalue weighted by atomic mass is 35.5. The van der Waals surface area contributed by atoms with Crippen LogP contribution in [0.5, 0.6) is 5.75 Å². The van der Waals surface area contributed by atoms with Crippen molar-refractivity contribution in [2.75, 3.05) is 18.2 Å². The normalized spacial score (nSPS) is 10.9. The number of esters is 1. The van der Waals surface area contributed by atoms with E-state index in [0.29, 0.717) is 33.1 Å². The van der Waals surface area contributed by atoms with Crippen molar-refractivity contribution in [3.8, 4) is 16.9 Å². The molecule has 204 valence electrons. The summed E-state index contributed by atoms with van der Waals surface area (Å²) in [6.07, 6.45) is 0. The molecule has 0 aliphatic rings. The average Bonchev–Trinajstić information content (AvgIpc) is 3.51. The van der Waals surface area contributed by atoms with E-state index in [4.69, 9.17) is 21.1 Å². The molecule has 2 aromatic carbocycles. The van der Waals surface area contributed by atoms with Gasteiger partial charge >= 0.3 is 5.97 Å². The van der Waals surface area contributed by atoms with Crippen molar-refractivity contribution in [3.63, 3.8) is 0 Å². The third-order valence-corrected chi connectivity index (χ3v) is 8.15. The van der Waals surface area contributed by atoms with Crippen molar-refractivity contribution in [1.82, 2.24) is 14.8 Å². The van der Waals surface area contributed by atoms with Gasteiger partial charge in [-0.3, -0.25) is 4.79 Å². The van der Waals surface area contributed by atoms with Gasteiger partial charge in [0, 0.05) is 22.5 Å². The zero-order valence-corrected chi connectivity index (χ0v) is 24.7. The van der Waals surface area contributed by atoms with Gasteiger partial charge in [-0.15, -0.1) is 21.5 Å². The summed E-state index contributed by atoms with van der Waals surface area (Å²) in [5.74, 6) is 0.698. The number of nitrogens with zero attached hydrogens (tertiary/aromatic N) is 3. The Balaban J connectivity index is 1.45. The number of halogens is 1. The number of ether oxygens (including phenoxy) is 2. The van der Waals surface area contributed by atoms with Crippen LogP contribution in [0, 0.1) is 20.8 Å². The van der Waals surface area contributed by atoms with Crippen LogP contribution in [-0.4, -0.2) is 39.5 Å². The molecule has 0 saturated carbocycles. The lowest BCUT2D eigenvalue weighted by Crippen LogP contribution is -2.16. The quantitative estimate of drug-likeness (QED) is 0.164. The SMILES string of the molecule is CCn1c(COc2ccc(Cl)cc2C)nnc1SCC(=O)Nc1scc(-c2cc(C)ccc2C)c1C(=O)OC. The topological polar surface area (TPSA) is 95.3 Å². The first-order chi connectivity index (χ1) is 18.7. The van der Waals surface area contributed by atoms with Gasteiger partial charge in [0.05, 0.1) is 12.9 Å². The van der Waals surface area contributed by atoms with Crippen LogP contribution in [0.1, 0.15) is 39.8 Å². The van der Waals surface area contributed by atoms with Gasteiger partial charge in [-0.25, -0.2) is 4.79 Å². The van der Waals surface area contributed by atoms with Gasteiger partial charge in [-0.2, -0.15) is 0 Å². The lowest BCUT2D eigenvalue weighted by molar-refractivity contribution is -0.113. The average molecular weight is 585 g/mol. The number of thioether (sulfide) groups is 1. The number of thiophene rings is 1. The van der Waals surface area contributed by atoms with Crippen LogP contribution in [0.4, 0.5) is 5.00 Å². The van der Waals surface area contributed by atoms with Crippen LogP contribution >= 0.6 is 34.7 Å². The zero-order valence-electron chi connectivity index (χ0n) is 22.3. The van der Waals surface area contributed by atoms with E-state index in [1.807, 2.05) is 68.0 Å². The molecule has 0 saturated heterocycles. The Morgan fingerprint density at radius 2 is 1.87 bits per heavy atom. The number of aryl methyl sites for hydroxylation is 3. The van der Waals surface area contributed by atoms with Crippen molar-refractivity contribution in [2.45, 2.75) is 46.0 Å². The molecule has 8 nitrogen and oxygen atoms in total. The smallest absolute Gasteiger partial charge is 0.341 e. The summed E-state index contributed by atoms with van der Waals surface area (Å²) < 4.78 is 12.9. The molecule has 39 heavy (non-hydrogen) atoms. The van der Waals surface area contributed by atoms with Crippen LogP contribution in [0.2, 0.25) is 5.02 Å². The molecule has 1 N–H and O–H groups in total. The number of carbonyl (C=O) groups excluding carboxylic acids is 2. The van der Waals surface area contributed by atoms with E-state index < -0.39 is 5.97 Å². The first-order valence-electron chi connectivity index (χ1n) is 12.2. The number of nitrogens with one attached hydrogen (secondary N) is 1. The highest BCUT2D eigenvalue weighted by Crippen LogP contribution is 2.38. The maximum absolute atomic E-state index is 12.9. The Labute approximate surface area is 240 Å². The number of anilines is 1. The largest absolute Gasteiger partial charge is 0.485 e. The van der Waals surface area contributed by atoms with Crippen molar-refractivity contribution >= 4 is 51.6 Å². The highest BCUT2D eigenvalue weighted by molar-refractivity contribution is 7.99. The second-order valence-electron chi connectivity index (χ2n) is 8.84. The number of benzene rings is 2. The lowest BCUT2D eigenvalue weighted by atomic mass is 9.97. The van der Waals surface area contributed by atoms with E-state index in [2.05, 4.69) is 15.5 Å². The fourth-order valence-corrected chi connectivity index (χ4v) is 6.05. The third kappa shape index (κ3) is 6.63. The van der Waals surface area contributed by atoms with Crippen LogP contribution in [0.15, 0.2) is 46.9 Å². The molecule has 1 amide bonds. The maximum Gasteiger partial charge on any atom is 0.341 e. The van der Waals surface area contributed by atoms with E-state index in [9.17, 15) is 9.59 Å². The van der Waals surface area contributed by atoms with Crippen LogP contribution in [0.3, 0.4) is 0 Å². The van der Waals surface area contributed by atoms with Crippen LogP contribution < -0.4 is 10.1 Å². The van der Waals surface area contributed by atoms with E-state index >= 15 is 0 Å². The number of carbonyl (C=O) groups is 2. The number of amides is 1. The summed E-state index contributed by atoms with van der Waals surface area (Å²) >= 11 is 8.59. The predicted molar refractivity (Wildman–Crippen MR) is 156 cm³/mol. The Morgan fingerprint density at radius 3 is 2.59 bits per heavy atom. The van der Waals surface area contributed by atoms with E-state index in [1.165, 1.54) is 30.2 Å². The number of rotatable bonds is 10. The van der Waals surface area contributed by atoms with Gasteiger partial charge in [0.1, 0.15) is 22.9 Å². The molecule has 0 aliphatic heterocycles. The summed E-state index contributed by atoms with van der Waals surface area (Å²) in [5, 5.41) is 15.0. The fraction of sp³-hybridized carbons (Fsp3) is 0.286. The minimum atomic E-state index is -0.499. The molecule has 0 fully saturated rings. The predicted octanol–water partition coefficient (Wildman–Crippen LogP) is 6.70. The van der Waals surface area contributed by atoms with E-state index in [-0.39, 0.29) is 18.3 Å². The van der Waals surface area contributed by atoms with E-state index in [1.54, 1.807) is 6.07 Å². The molecule has 0 radical (unpaired) electrons. The second kappa shape index (κ2) is 12.7. The summed E-state index contributed by atoms with van der Waals surface area (Å²) in [6, 6.07) is 11.5. The Bertz CT molecular complexity index is 1520. The fourth-order valence-electron chi connectivity index (χ4n) is 4.04. The van der Waals surface area contributed by atoms with Gasteiger partial charge in [-0.1, -0.05) is 47.1 Å². The summed E-state index contributed by atoms with van der Waals surface area (Å²) in [7, 11) is 1.33. The van der Waals surface area contributed by atoms with Crippen LogP contribution in [0.25, 0.3) is 11.1 Å². The molecule has 4 aromatic rings. The van der Waals surface area contributed by atoms with Gasteiger partial charge in [-0.05, 0) is 62.6 Å². The molecule has 0 aliphatic carbocycles. The molecule has 0 unspecified atom stereocenters. The van der Waals surface area contributed by atoms with Crippen LogP contribution in [-0.2, 0) is 22.7 Å². The van der Waals surface area contributed by atoms with Gasteiger partial charge in [0.2, 0.25) is 5.91 Å².